The van der Waals surface area contributed by atoms with Gasteiger partial charge in [0.05, 0.1) is 12.3 Å². The predicted octanol–water partition coefficient (Wildman–Crippen LogP) is 4.39. The van der Waals surface area contributed by atoms with Crippen LogP contribution >= 0.6 is 0 Å². The van der Waals surface area contributed by atoms with Crippen molar-refractivity contribution < 1.29 is 14.0 Å². The molecule has 0 bridgehead atoms. The van der Waals surface area contributed by atoms with Crippen LogP contribution in [0.2, 0.25) is 0 Å². The maximum Gasteiger partial charge on any atom is 0.223 e. The Labute approximate surface area is 159 Å². The normalized spacial score (nSPS) is 16.1. The van der Waals surface area contributed by atoms with Crippen molar-refractivity contribution in [3.63, 3.8) is 0 Å². The maximum absolute atomic E-state index is 13.4. The summed E-state index contributed by atoms with van der Waals surface area (Å²) in [5, 5.41) is 4.12. The highest BCUT2D eigenvalue weighted by Crippen LogP contribution is 2.20. The van der Waals surface area contributed by atoms with Gasteiger partial charge >= 0.3 is 0 Å². The molecule has 0 aromatic heterocycles. The fourth-order valence-corrected chi connectivity index (χ4v) is 3.15. The minimum Gasteiger partial charge on any atom is -0.390 e. The van der Waals surface area contributed by atoms with E-state index in [0.717, 1.165) is 16.8 Å². The molecule has 0 radical (unpaired) electrons. The van der Waals surface area contributed by atoms with Gasteiger partial charge < -0.3 is 9.74 Å². The minimum atomic E-state index is -0.295. The summed E-state index contributed by atoms with van der Waals surface area (Å²) in [6.07, 6.45) is 0.837. The molecular formula is C22H25FN2O2. The Balaban J connectivity index is 1.66. The minimum absolute atomic E-state index is 0.108. The van der Waals surface area contributed by atoms with Gasteiger partial charge in [-0.25, -0.2) is 4.39 Å². The number of amides is 1. The molecule has 1 heterocycles. The van der Waals surface area contributed by atoms with Crippen LogP contribution in [0.25, 0.3) is 0 Å². The number of hydrogen-bond donors (Lipinski definition) is 0. The molecule has 1 atom stereocenters. The van der Waals surface area contributed by atoms with Crippen LogP contribution in [-0.2, 0) is 16.2 Å². The molecule has 142 valence electrons. The number of benzene rings is 2. The molecule has 0 saturated heterocycles. The number of hydrogen-bond acceptors (Lipinski definition) is 3. The van der Waals surface area contributed by atoms with E-state index in [1.807, 2.05) is 55.1 Å². The van der Waals surface area contributed by atoms with E-state index in [1.54, 1.807) is 6.07 Å². The van der Waals surface area contributed by atoms with Crippen molar-refractivity contribution in [2.24, 2.45) is 11.1 Å². The van der Waals surface area contributed by atoms with Gasteiger partial charge in [0.1, 0.15) is 5.82 Å². The molecule has 0 saturated carbocycles. The van der Waals surface area contributed by atoms with Crippen LogP contribution in [0.15, 0.2) is 59.8 Å². The van der Waals surface area contributed by atoms with Gasteiger partial charge in [0.2, 0.25) is 5.91 Å². The molecular weight excluding hydrogens is 343 g/mol. The van der Waals surface area contributed by atoms with E-state index in [1.165, 1.54) is 12.1 Å². The Bertz CT molecular complexity index is 805. The number of rotatable bonds is 7. The molecule has 0 N–H and O–H groups in total. The van der Waals surface area contributed by atoms with Crippen molar-refractivity contribution in [2.75, 3.05) is 6.54 Å². The van der Waals surface area contributed by atoms with Crippen molar-refractivity contribution in [3.05, 3.63) is 71.5 Å². The van der Waals surface area contributed by atoms with Crippen LogP contribution < -0.4 is 0 Å². The Hall–Kier alpha value is -2.69. The first-order valence-electron chi connectivity index (χ1n) is 9.31. The Morgan fingerprint density at radius 2 is 2.00 bits per heavy atom. The molecule has 5 heteroatoms. The fourth-order valence-electron chi connectivity index (χ4n) is 3.15. The van der Waals surface area contributed by atoms with Crippen molar-refractivity contribution in [2.45, 2.75) is 39.3 Å². The zero-order valence-corrected chi connectivity index (χ0v) is 15.8. The molecule has 2 aromatic carbocycles. The van der Waals surface area contributed by atoms with E-state index < -0.39 is 0 Å². The monoisotopic (exact) mass is 368 g/mol. The Morgan fingerprint density at radius 1 is 1.22 bits per heavy atom. The first kappa shape index (κ1) is 19.1. The molecule has 27 heavy (non-hydrogen) atoms. The van der Waals surface area contributed by atoms with Gasteiger partial charge in [-0.05, 0) is 23.6 Å². The van der Waals surface area contributed by atoms with Crippen molar-refractivity contribution >= 4 is 11.6 Å². The quantitative estimate of drug-likeness (QED) is 0.727. The highest BCUT2D eigenvalue weighted by Gasteiger charge is 2.27. The number of carbonyl (C=O) groups is 1. The second-order valence-corrected chi connectivity index (χ2v) is 7.34. The van der Waals surface area contributed by atoms with E-state index in [0.29, 0.717) is 31.8 Å². The van der Waals surface area contributed by atoms with E-state index in [9.17, 15) is 9.18 Å². The lowest BCUT2D eigenvalue weighted by atomic mass is 10.0. The largest absolute Gasteiger partial charge is 0.390 e. The van der Waals surface area contributed by atoms with Crippen LogP contribution in [0.1, 0.15) is 37.8 Å². The van der Waals surface area contributed by atoms with Gasteiger partial charge in [-0.3, -0.25) is 4.79 Å². The molecule has 1 aliphatic rings. The highest BCUT2D eigenvalue weighted by atomic mass is 19.1. The van der Waals surface area contributed by atoms with Gasteiger partial charge in [0.25, 0.3) is 0 Å². The van der Waals surface area contributed by atoms with Crippen molar-refractivity contribution in [1.29, 1.82) is 0 Å². The van der Waals surface area contributed by atoms with Crippen LogP contribution in [-0.4, -0.2) is 29.2 Å². The van der Waals surface area contributed by atoms with Crippen LogP contribution in [0.5, 0.6) is 0 Å². The third-order valence-corrected chi connectivity index (χ3v) is 4.47. The van der Waals surface area contributed by atoms with Crippen molar-refractivity contribution in [1.82, 2.24) is 4.90 Å². The molecule has 0 spiro atoms. The summed E-state index contributed by atoms with van der Waals surface area (Å²) in [5.74, 6) is 0.104. The van der Waals surface area contributed by atoms with Gasteiger partial charge in [0, 0.05) is 24.9 Å². The zero-order valence-electron chi connectivity index (χ0n) is 15.8. The lowest BCUT2D eigenvalue weighted by molar-refractivity contribution is -0.134. The SMILES string of the molecule is CC(C)CC(=O)N(Cc1ccccc1)C[C@@H]1CC(c2cccc(F)c2)=NO1. The number of carbonyl (C=O) groups excluding carboxylic acids is 1. The Morgan fingerprint density at radius 3 is 2.70 bits per heavy atom. The number of halogens is 1. The summed E-state index contributed by atoms with van der Waals surface area (Å²) in [6, 6.07) is 16.3. The standard InChI is InChI=1S/C22H25FN2O2/c1-16(2)11-22(26)25(14-17-7-4-3-5-8-17)15-20-13-21(24-27-20)18-9-6-10-19(23)12-18/h3-10,12,16,20H,11,13-15H2,1-2H3/t20-/m0/s1. The average Bonchev–Trinajstić information content (AvgIpc) is 3.10. The van der Waals surface area contributed by atoms with E-state index >= 15 is 0 Å². The number of oxime groups is 1. The zero-order chi connectivity index (χ0) is 19.2. The third-order valence-electron chi connectivity index (χ3n) is 4.47. The van der Waals surface area contributed by atoms with Gasteiger partial charge in [-0.15, -0.1) is 0 Å². The summed E-state index contributed by atoms with van der Waals surface area (Å²) in [6.45, 7) is 5.08. The summed E-state index contributed by atoms with van der Waals surface area (Å²) in [4.78, 5) is 20.1. The second-order valence-electron chi connectivity index (χ2n) is 7.34. The maximum atomic E-state index is 13.4. The number of nitrogens with zero attached hydrogens (tertiary/aromatic N) is 2. The summed E-state index contributed by atoms with van der Waals surface area (Å²) in [5.41, 5.74) is 2.52. The van der Waals surface area contributed by atoms with Crippen molar-refractivity contribution in [3.8, 4) is 0 Å². The summed E-state index contributed by atoms with van der Waals surface area (Å²) < 4.78 is 13.4. The molecule has 0 aliphatic carbocycles. The molecule has 0 unspecified atom stereocenters. The molecule has 4 nitrogen and oxygen atoms in total. The first-order chi connectivity index (χ1) is 13.0. The van der Waals surface area contributed by atoms with E-state index in [2.05, 4.69) is 5.16 Å². The van der Waals surface area contributed by atoms with Crippen LogP contribution in [0.4, 0.5) is 4.39 Å². The Kier molecular flexibility index (Phi) is 6.22. The van der Waals surface area contributed by atoms with Crippen LogP contribution in [0.3, 0.4) is 0 Å². The third kappa shape index (κ3) is 5.39. The molecule has 3 rings (SSSR count). The summed E-state index contributed by atoms with van der Waals surface area (Å²) in [7, 11) is 0. The van der Waals surface area contributed by atoms with E-state index in [-0.39, 0.29) is 17.8 Å². The highest BCUT2D eigenvalue weighted by molar-refractivity contribution is 6.01. The average molecular weight is 368 g/mol. The topological polar surface area (TPSA) is 41.9 Å². The van der Waals surface area contributed by atoms with Gasteiger partial charge in [-0.1, -0.05) is 61.5 Å². The molecule has 0 fully saturated rings. The predicted molar refractivity (Wildman–Crippen MR) is 104 cm³/mol. The van der Waals surface area contributed by atoms with Gasteiger partial charge in [-0.2, -0.15) is 0 Å². The second kappa shape index (κ2) is 8.80. The van der Waals surface area contributed by atoms with Crippen LogP contribution in [0, 0.1) is 11.7 Å². The molecule has 1 aliphatic heterocycles. The first-order valence-corrected chi connectivity index (χ1v) is 9.31. The lowest BCUT2D eigenvalue weighted by Crippen LogP contribution is -2.37. The summed E-state index contributed by atoms with van der Waals surface area (Å²) >= 11 is 0. The van der Waals surface area contributed by atoms with Gasteiger partial charge in [0.15, 0.2) is 6.10 Å². The fraction of sp³-hybridized carbons (Fsp3) is 0.364. The molecule has 2 aromatic rings. The lowest BCUT2D eigenvalue weighted by Gasteiger charge is -2.26. The van der Waals surface area contributed by atoms with E-state index in [4.69, 9.17) is 4.84 Å². The smallest absolute Gasteiger partial charge is 0.223 e. The molecule has 1 amide bonds.